The van der Waals surface area contributed by atoms with Crippen molar-refractivity contribution in [3.05, 3.63) is 12.2 Å². The van der Waals surface area contributed by atoms with Gasteiger partial charge in [0.1, 0.15) is 6.61 Å². The standard InChI is InChI=1S/C31H59O8P/c1-3-5-7-9-11-12-13-14-15-16-17-18-20-22-24-26-31(33)39-29(28-38-40(34,35)36)27-37-30(32)25-23-21-19-10-8-6-4-2/h17-18,29H,3-16,19-28H2,1-2H3,(H2,34,35,36)/b18-17+/t29-/m1/s1. The Labute approximate surface area is 244 Å². The third-order valence-electron chi connectivity index (χ3n) is 6.78. The molecule has 1 atom stereocenters. The Morgan fingerprint density at radius 1 is 0.625 bits per heavy atom. The lowest BCUT2D eigenvalue weighted by Gasteiger charge is -2.18. The van der Waals surface area contributed by atoms with Gasteiger partial charge in [-0.2, -0.15) is 0 Å². The van der Waals surface area contributed by atoms with Gasteiger partial charge in [-0.05, 0) is 38.5 Å². The Bertz CT molecular complexity index is 676. The number of phosphoric ester groups is 1. The van der Waals surface area contributed by atoms with Crippen LogP contribution in [0.2, 0.25) is 0 Å². The molecule has 0 aromatic heterocycles. The zero-order valence-electron chi connectivity index (χ0n) is 25.5. The molecule has 0 unspecified atom stereocenters. The van der Waals surface area contributed by atoms with E-state index in [2.05, 4.69) is 30.5 Å². The average molecular weight is 591 g/mol. The van der Waals surface area contributed by atoms with Gasteiger partial charge in [0.15, 0.2) is 6.10 Å². The van der Waals surface area contributed by atoms with Gasteiger partial charge in [0.2, 0.25) is 0 Å². The number of phosphoric acid groups is 1. The molecule has 0 spiro atoms. The number of allylic oxidation sites excluding steroid dienone is 2. The summed E-state index contributed by atoms with van der Waals surface area (Å²) >= 11 is 0. The molecular weight excluding hydrogens is 531 g/mol. The monoisotopic (exact) mass is 590 g/mol. The molecule has 0 heterocycles. The lowest BCUT2D eigenvalue weighted by molar-refractivity contribution is -0.161. The summed E-state index contributed by atoms with van der Waals surface area (Å²) < 4.78 is 26.0. The summed E-state index contributed by atoms with van der Waals surface area (Å²) in [5.74, 6) is -0.916. The van der Waals surface area contributed by atoms with Gasteiger partial charge in [-0.15, -0.1) is 0 Å². The topological polar surface area (TPSA) is 119 Å². The first-order valence-corrected chi connectivity index (χ1v) is 17.5. The third kappa shape index (κ3) is 29.8. The number of carbonyl (C=O) groups is 2. The van der Waals surface area contributed by atoms with Crippen LogP contribution in [0.5, 0.6) is 0 Å². The molecule has 0 aliphatic carbocycles. The van der Waals surface area contributed by atoms with E-state index in [1.54, 1.807) is 0 Å². The number of hydrogen-bond acceptors (Lipinski definition) is 6. The van der Waals surface area contributed by atoms with Crippen LogP contribution in [-0.2, 0) is 28.2 Å². The summed E-state index contributed by atoms with van der Waals surface area (Å²) in [5.41, 5.74) is 0. The predicted molar refractivity (Wildman–Crippen MR) is 161 cm³/mol. The van der Waals surface area contributed by atoms with E-state index in [-0.39, 0.29) is 19.4 Å². The summed E-state index contributed by atoms with van der Waals surface area (Å²) in [6.45, 7) is 3.59. The SMILES string of the molecule is CCCCCCCCCCC/C=C/CCCCC(=O)O[C@H](COC(=O)CCCCCCCCC)COP(=O)(O)O. The second kappa shape index (κ2) is 27.9. The molecule has 8 nitrogen and oxygen atoms in total. The summed E-state index contributed by atoms with van der Waals surface area (Å²) in [7, 11) is -4.74. The smallest absolute Gasteiger partial charge is 0.462 e. The molecule has 236 valence electrons. The van der Waals surface area contributed by atoms with Crippen LogP contribution in [-0.4, -0.2) is 41.0 Å². The second-order valence-corrected chi connectivity index (χ2v) is 12.0. The molecule has 0 aliphatic rings. The first-order valence-electron chi connectivity index (χ1n) is 16.0. The maximum absolute atomic E-state index is 12.2. The molecule has 0 aliphatic heterocycles. The van der Waals surface area contributed by atoms with Gasteiger partial charge >= 0.3 is 19.8 Å². The van der Waals surface area contributed by atoms with Crippen molar-refractivity contribution in [2.75, 3.05) is 13.2 Å². The van der Waals surface area contributed by atoms with Gasteiger partial charge in [-0.25, -0.2) is 4.57 Å². The number of rotatable bonds is 29. The molecule has 0 radical (unpaired) electrons. The molecule has 40 heavy (non-hydrogen) atoms. The largest absolute Gasteiger partial charge is 0.469 e. The summed E-state index contributed by atoms with van der Waals surface area (Å²) in [6, 6.07) is 0. The van der Waals surface area contributed by atoms with Crippen LogP contribution in [0.15, 0.2) is 12.2 Å². The Hall–Kier alpha value is -1.21. The number of unbranched alkanes of at least 4 members (excludes halogenated alkanes) is 17. The van der Waals surface area contributed by atoms with Gasteiger partial charge < -0.3 is 19.3 Å². The minimum Gasteiger partial charge on any atom is -0.462 e. The van der Waals surface area contributed by atoms with E-state index < -0.39 is 32.5 Å². The minimum atomic E-state index is -4.74. The van der Waals surface area contributed by atoms with Crippen molar-refractivity contribution in [3.8, 4) is 0 Å². The van der Waals surface area contributed by atoms with E-state index in [4.69, 9.17) is 19.3 Å². The Morgan fingerprint density at radius 2 is 1.05 bits per heavy atom. The van der Waals surface area contributed by atoms with E-state index >= 15 is 0 Å². The summed E-state index contributed by atoms with van der Waals surface area (Å²) in [5, 5.41) is 0. The van der Waals surface area contributed by atoms with Gasteiger partial charge in [0, 0.05) is 12.8 Å². The van der Waals surface area contributed by atoms with Crippen molar-refractivity contribution in [2.24, 2.45) is 0 Å². The zero-order valence-corrected chi connectivity index (χ0v) is 26.4. The normalized spacial score (nSPS) is 12.6. The molecule has 0 rings (SSSR count). The molecule has 9 heteroatoms. The van der Waals surface area contributed by atoms with Crippen molar-refractivity contribution in [1.82, 2.24) is 0 Å². The molecule has 0 fully saturated rings. The fourth-order valence-corrected chi connectivity index (χ4v) is 4.73. The molecule has 2 N–H and O–H groups in total. The van der Waals surface area contributed by atoms with Crippen LogP contribution in [0, 0.1) is 0 Å². The van der Waals surface area contributed by atoms with E-state index in [0.717, 1.165) is 44.9 Å². The van der Waals surface area contributed by atoms with Gasteiger partial charge in [-0.1, -0.05) is 116 Å². The number of ether oxygens (including phenoxy) is 2. The molecular formula is C31H59O8P. The van der Waals surface area contributed by atoms with Crippen LogP contribution in [0.1, 0.15) is 155 Å². The number of carbonyl (C=O) groups excluding carboxylic acids is 2. The van der Waals surface area contributed by atoms with Crippen LogP contribution in [0.3, 0.4) is 0 Å². The Kier molecular flexibility index (Phi) is 27.1. The molecule has 0 amide bonds. The van der Waals surface area contributed by atoms with E-state index in [9.17, 15) is 14.2 Å². The fourth-order valence-electron chi connectivity index (χ4n) is 4.37. The van der Waals surface area contributed by atoms with Gasteiger partial charge in [0.25, 0.3) is 0 Å². The quantitative estimate of drug-likeness (QED) is 0.0384. The Balaban J connectivity index is 4.02. The van der Waals surface area contributed by atoms with Crippen LogP contribution in [0.4, 0.5) is 0 Å². The first kappa shape index (κ1) is 38.8. The molecule has 0 aromatic rings. The number of hydrogen-bond donors (Lipinski definition) is 2. The number of esters is 2. The van der Waals surface area contributed by atoms with Crippen LogP contribution >= 0.6 is 7.82 Å². The van der Waals surface area contributed by atoms with Crippen molar-refractivity contribution in [1.29, 1.82) is 0 Å². The maximum Gasteiger partial charge on any atom is 0.469 e. The van der Waals surface area contributed by atoms with E-state index in [1.165, 1.54) is 77.0 Å². The van der Waals surface area contributed by atoms with E-state index in [0.29, 0.717) is 6.42 Å². The molecule has 0 bridgehead atoms. The lowest BCUT2D eigenvalue weighted by atomic mass is 10.1. The fraction of sp³-hybridized carbons (Fsp3) is 0.871. The maximum atomic E-state index is 12.2. The molecule has 0 saturated heterocycles. The molecule has 0 aromatic carbocycles. The highest BCUT2D eigenvalue weighted by Gasteiger charge is 2.22. The van der Waals surface area contributed by atoms with Crippen molar-refractivity contribution >= 4 is 19.8 Å². The van der Waals surface area contributed by atoms with Gasteiger partial charge in [0.05, 0.1) is 6.61 Å². The second-order valence-electron chi connectivity index (χ2n) is 10.8. The van der Waals surface area contributed by atoms with Crippen molar-refractivity contribution in [3.63, 3.8) is 0 Å². The zero-order chi connectivity index (χ0) is 29.7. The van der Waals surface area contributed by atoms with Crippen molar-refractivity contribution in [2.45, 2.75) is 161 Å². The molecule has 0 saturated carbocycles. The van der Waals surface area contributed by atoms with Crippen molar-refractivity contribution < 1.29 is 37.9 Å². The highest BCUT2D eigenvalue weighted by molar-refractivity contribution is 7.46. The third-order valence-corrected chi connectivity index (χ3v) is 7.27. The highest BCUT2D eigenvalue weighted by atomic mass is 31.2. The summed E-state index contributed by atoms with van der Waals surface area (Å²) in [4.78, 5) is 42.3. The van der Waals surface area contributed by atoms with E-state index in [1.807, 2.05) is 0 Å². The van der Waals surface area contributed by atoms with Crippen LogP contribution in [0.25, 0.3) is 0 Å². The average Bonchev–Trinajstić information content (AvgIpc) is 2.91. The minimum absolute atomic E-state index is 0.185. The Morgan fingerprint density at radius 3 is 1.57 bits per heavy atom. The van der Waals surface area contributed by atoms with Crippen LogP contribution < -0.4 is 0 Å². The first-order chi connectivity index (χ1) is 19.3. The highest BCUT2D eigenvalue weighted by Crippen LogP contribution is 2.35. The lowest BCUT2D eigenvalue weighted by Crippen LogP contribution is -2.29. The van der Waals surface area contributed by atoms with Gasteiger partial charge in [-0.3, -0.25) is 14.1 Å². The summed E-state index contributed by atoms with van der Waals surface area (Å²) in [6.07, 6.45) is 26.7. The predicted octanol–water partition coefficient (Wildman–Crippen LogP) is 8.73.